The largest absolute Gasteiger partial charge is 0.399 e. The fraction of sp³-hybridized carbons (Fsp3) is 0.533. The third kappa shape index (κ3) is 2.64. The summed E-state index contributed by atoms with van der Waals surface area (Å²) in [6.45, 7) is 6.83. The van der Waals surface area contributed by atoms with Gasteiger partial charge in [-0.25, -0.2) is 4.98 Å². The van der Waals surface area contributed by atoms with Crippen LogP contribution in [0, 0.1) is 0 Å². The van der Waals surface area contributed by atoms with E-state index in [0.717, 1.165) is 17.6 Å². The van der Waals surface area contributed by atoms with E-state index in [1.54, 1.807) is 6.92 Å². The Morgan fingerprint density at radius 2 is 2.05 bits per heavy atom. The Morgan fingerprint density at radius 3 is 2.60 bits per heavy atom. The molecule has 1 heterocycles. The van der Waals surface area contributed by atoms with E-state index >= 15 is 0 Å². The van der Waals surface area contributed by atoms with Crippen molar-refractivity contribution in [1.82, 2.24) is 14.5 Å². The molecule has 0 spiro atoms. The van der Waals surface area contributed by atoms with E-state index in [0.29, 0.717) is 11.5 Å². The molecule has 0 radical (unpaired) electrons. The van der Waals surface area contributed by atoms with Crippen molar-refractivity contribution in [2.45, 2.75) is 39.0 Å². The number of aliphatic hydroxyl groups excluding tert-OH is 1. The Kier molecular flexibility index (Phi) is 3.75. The lowest BCUT2D eigenvalue weighted by atomic mass is 10.0. The molecule has 0 aliphatic rings. The van der Waals surface area contributed by atoms with Gasteiger partial charge in [0.2, 0.25) is 0 Å². The quantitative estimate of drug-likeness (QED) is 0.838. The molecular formula is C15H24N4O. The molecular weight excluding hydrogens is 252 g/mol. The van der Waals surface area contributed by atoms with Crippen LogP contribution < -0.4 is 5.73 Å². The zero-order valence-electron chi connectivity index (χ0n) is 12.9. The summed E-state index contributed by atoms with van der Waals surface area (Å²) < 4.78 is 2.08. The van der Waals surface area contributed by atoms with Crippen molar-refractivity contribution in [3.05, 3.63) is 24.0 Å². The number of rotatable bonds is 4. The molecule has 0 fully saturated rings. The molecule has 1 atom stereocenters. The fourth-order valence-electron chi connectivity index (χ4n) is 2.18. The Balaban J connectivity index is 2.57. The fourth-order valence-corrected chi connectivity index (χ4v) is 2.18. The van der Waals surface area contributed by atoms with Gasteiger partial charge in [0.1, 0.15) is 11.9 Å². The maximum Gasteiger partial charge on any atom is 0.138 e. The van der Waals surface area contributed by atoms with Crippen LogP contribution in [0.25, 0.3) is 11.0 Å². The van der Waals surface area contributed by atoms with Gasteiger partial charge >= 0.3 is 0 Å². The number of nitrogens with two attached hydrogens (primary N) is 1. The summed E-state index contributed by atoms with van der Waals surface area (Å²) in [6, 6.07) is 5.69. The van der Waals surface area contributed by atoms with Crippen molar-refractivity contribution in [1.29, 1.82) is 0 Å². The molecule has 3 N–H and O–H groups in total. The number of benzene rings is 1. The monoisotopic (exact) mass is 276 g/mol. The highest BCUT2D eigenvalue weighted by atomic mass is 16.3. The minimum atomic E-state index is -0.610. The van der Waals surface area contributed by atoms with Crippen molar-refractivity contribution in [2.75, 3.05) is 19.8 Å². The second-order valence-corrected chi connectivity index (χ2v) is 6.19. The first-order valence-electron chi connectivity index (χ1n) is 6.83. The predicted octanol–water partition coefficient (Wildman–Crippen LogP) is 2.01. The summed E-state index contributed by atoms with van der Waals surface area (Å²) in [5.41, 5.74) is 8.29. The number of imidazole rings is 1. The topological polar surface area (TPSA) is 67.3 Å². The molecule has 1 aromatic carbocycles. The molecule has 1 aromatic heterocycles. The number of nitrogens with zero attached hydrogens (tertiary/aromatic N) is 3. The Morgan fingerprint density at radius 1 is 1.40 bits per heavy atom. The number of aromatic nitrogens is 2. The van der Waals surface area contributed by atoms with Gasteiger partial charge in [0.05, 0.1) is 11.0 Å². The summed E-state index contributed by atoms with van der Waals surface area (Å²) in [4.78, 5) is 6.70. The van der Waals surface area contributed by atoms with Gasteiger partial charge in [-0.15, -0.1) is 0 Å². The summed E-state index contributed by atoms with van der Waals surface area (Å²) >= 11 is 0. The van der Waals surface area contributed by atoms with Crippen molar-refractivity contribution in [3.8, 4) is 0 Å². The van der Waals surface area contributed by atoms with E-state index in [-0.39, 0.29) is 5.54 Å². The van der Waals surface area contributed by atoms with Gasteiger partial charge in [-0.3, -0.25) is 0 Å². The van der Waals surface area contributed by atoms with Crippen molar-refractivity contribution >= 4 is 16.7 Å². The summed E-state index contributed by atoms with van der Waals surface area (Å²) in [6.07, 6.45) is -0.610. The van der Waals surface area contributed by atoms with Crippen LogP contribution in [0.5, 0.6) is 0 Å². The van der Waals surface area contributed by atoms with Crippen LogP contribution in [0.4, 0.5) is 5.69 Å². The van der Waals surface area contributed by atoms with Gasteiger partial charge in [-0.05, 0) is 53.1 Å². The molecule has 5 heteroatoms. The van der Waals surface area contributed by atoms with Crippen molar-refractivity contribution in [3.63, 3.8) is 0 Å². The van der Waals surface area contributed by atoms with Crippen molar-refractivity contribution < 1.29 is 5.11 Å². The lowest BCUT2D eigenvalue weighted by Crippen LogP contribution is -2.42. The molecule has 0 aliphatic heterocycles. The zero-order valence-corrected chi connectivity index (χ0v) is 12.9. The lowest BCUT2D eigenvalue weighted by Gasteiger charge is -2.33. The third-order valence-electron chi connectivity index (χ3n) is 3.93. The van der Waals surface area contributed by atoms with Crippen LogP contribution in [0.2, 0.25) is 0 Å². The molecule has 2 aromatic rings. The smallest absolute Gasteiger partial charge is 0.138 e. The Bertz CT molecular complexity index is 614. The van der Waals surface area contributed by atoms with Gasteiger partial charge in [-0.1, -0.05) is 0 Å². The normalized spacial score (nSPS) is 14.2. The van der Waals surface area contributed by atoms with E-state index in [1.165, 1.54) is 0 Å². The molecule has 1 unspecified atom stereocenters. The standard InChI is InChI=1S/C15H24N4O/c1-10(20)14-17-12-8-11(16)6-7-13(12)19(14)9-15(2,3)18(4)5/h6-8,10,20H,9,16H2,1-5H3. The molecule has 5 nitrogen and oxygen atoms in total. The van der Waals surface area contributed by atoms with E-state index in [1.807, 2.05) is 18.2 Å². The van der Waals surface area contributed by atoms with Gasteiger partial charge in [0.15, 0.2) is 0 Å². The summed E-state index contributed by atoms with van der Waals surface area (Å²) in [5, 5.41) is 9.98. The van der Waals surface area contributed by atoms with Crippen LogP contribution in [0.1, 0.15) is 32.7 Å². The van der Waals surface area contributed by atoms with Crippen LogP contribution in [0.15, 0.2) is 18.2 Å². The minimum absolute atomic E-state index is 0.0430. The Hall–Kier alpha value is -1.59. The number of anilines is 1. The van der Waals surface area contributed by atoms with Gasteiger partial charge in [-0.2, -0.15) is 0 Å². The number of aliphatic hydroxyl groups is 1. The third-order valence-corrected chi connectivity index (χ3v) is 3.93. The maximum absolute atomic E-state index is 9.98. The van der Waals surface area contributed by atoms with E-state index in [2.05, 4.69) is 42.4 Å². The zero-order chi connectivity index (χ0) is 15.1. The molecule has 2 rings (SSSR count). The average molecular weight is 276 g/mol. The van der Waals surface area contributed by atoms with Crippen LogP contribution in [-0.2, 0) is 6.54 Å². The number of nitrogen functional groups attached to an aromatic ring is 1. The second kappa shape index (κ2) is 5.07. The number of fused-ring (bicyclic) bond motifs is 1. The highest BCUT2D eigenvalue weighted by molar-refractivity contribution is 5.79. The van der Waals surface area contributed by atoms with E-state index in [4.69, 9.17) is 5.73 Å². The first-order chi connectivity index (χ1) is 9.22. The predicted molar refractivity (Wildman–Crippen MR) is 82.5 cm³/mol. The number of hydrogen-bond donors (Lipinski definition) is 2. The van der Waals surface area contributed by atoms with Crippen LogP contribution >= 0.6 is 0 Å². The van der Waals surface area contributed by atoms with Crippen molar-refractivity contribution in [2.24, 2.45) is 0 Å². The number of likely N-dealkylation sites (N-methyl/N-ethyl adjacent to an activating group) is 1. The van der Waals surface area contributed by atoms with Gasteiger partial charge in [0, 0.05) is 17.8 Å². The minimum Gasteiger partial charge on any atom is -0.399 e. The first-order valence-corrected chi connectivity index (χ1v) is 6.83. The molecule has 0 saturated heterocycles. The Labute approximate surface area is 120 Å². The highest BCUT2D eigenvalue weighted by Gasteiger charge is 2.25. The first kappa shape index (κ1) is 14.8. The van der Waals surface area contributed by atoms with Gasteiger partial charge in [0.25, 0.3) is 0 Å². The van der Waals surface area contributed by atoms with Gasteiger partial charge < -0.3 is 20.3 Å². The molecule has 0 bridgehead atoms. The molecule has 0 aliphatic carbocycles. The summed E-state index contributed by atoms with van der Waals surface area (Å²) in [5.74, 6) is 0.681. The number of hydrogen-bond acceptors (Lipinski definition) is 4. The molecule has 0 amide bonds. The SMILES string of the molecule is CC(O)c1nc2cc(N)ccc2n1CC(C)(C)N(C)C. The molecule has 0 saturated carbocycles. The molecule has 20 heavy (non-hydrogen) atoms. The average Bonchev–Trinajstić information content (AvgIpc) is 2.66. The van der Waals surface area contributed by atoms with Crippen LogP contribution in [-0.4, -0.2) is 39.2 Å². The lowest BCUT2D eigenvalue weighted by molar-refractivity contribution is 0.152. The maximum atomic E-state index is 9.98. The van der Waals surface area contributed by atoms with E-state index in [9.17, 15) is 5.11 Å². The van der Waals surface area contributed by atoms with E-state index < -0.39 is 6.10 Å². The highest BCUT2D eigenvalue weighted by Crippen LogP contribution is 2.25. The second-order valence-electron chi connectivity index (χ2n) is 6.19. The van der Waals surface area contributed by atoms with Crippen LogP contribution in [0.3, 0.4) is 0 Å². The molecule has 110 valence electrons. The summed E-state index contributed by atoms with van der Waals surface area (Å²) in [7, 11) is 4.11.